The molecule has 3 nitrogen and oxygen atoms in total. The number of rotatable bonds is 5. The van der Waals surface area contributed by atoms with Crippen molar-refractivity contribution in [1.82, 2.24) is 10.3 Å². The first-order valence-corrected chi connectivity index (χ1v) is 9.93. The molecule has 2 aliphatic rings. The number of hydrogen-bond donors (Lipinski definition) is 1. The van der Waals surface area contributed by atoms with Crippen molar-refractivity contribution in [2.45, 2.75) is 56.8 Å². The quantitative estimate of drug-likeness (QED) is 0.864. The first kappa shape index (κ1) is 17.3. The minimum Gasteiger partial charge on any atom is -0.355 e. The lowest BCUT2D eigenvalue weighted by Gasteiger charge is -2.38. The molecule has 2 aliphatic carbocycles. The maximum atomic E-state index is 12.7. The van der Waals surface area contributed by atoms with E-state index >= 15 is 0 Å². The molecule has 0 aliphatic heterocycles. The Balaban J connectivity index is 1.43. The average Bonchev–Trinajstić information content (AvgIpc) is 3.49. The van der Waals surface area contributed by atoms with Crippen molar-refractivity contribution in [2.24, 2.45) is 5.92 Å². The van der Waals surface area contributed by atoms with Gasteiger partial charge in [-0.05, 0) is 49.3 Å². The van der Waals surface area contributed by atoms with Crippen molar-refractivity contribution in [3.8, 4) is 0 Å². The third-order valence-corrected chi connectivity index (χ3v) is 6.28. The SMILES string of the molecule is Cc1cccc(C2(CNC(=O)C3CC3c3cccnc3)CCCCC2)c1. The predicted octanol–water partition coefficient (Wildman–Crippen LogP) is 4.51. The topological polar surface area (TPSA) is 42.0 Å². The summed E-state index contributed by atoms with van der Waals surface area (Å²) >= 11 is 0. The molecule has 0 spiro atoms. The van der Waals surface area contributed by atoms with Crippen LogP contribution in [0.4, 0.5) is 0 Å². The second kappa shape index (κ2) is 7.22. The molecule has 26 heavy (non-hydrogen) atoms. The minimum absolute atomic E-state index is 0.110. The van der Waals surface area contributed by atoms with Crippen molar-refractivity contribution in [3.05, 3.63) is 65.5 Å². The summed E-state index contributed by atoms with van der Waals surface area (Å²) in [6.45, 7) is 2.92. The number of hydrogen-bond acceptors (Lipinski definition) is 2. The zero-order valence-electron chi connectivity index (χ0n) is 15.6. The van der Waals surface area contributed by atoms with E-state index in [0.717, 1.165) is 13.0 Å². The second-order valence-corrected chi connectivity index (χ2v) is 8.16. The molecule has 1 N–H and O–H groups in total. The summed E-state index contributed by atoms with van der Waals surface area (Å²) in [5, 5.41) is 3.31. The Morgan fingerprint density at radius 2 is 2.04 bits per heavy atom. The van der Waals surface area contributed by atoms with E-state index in [9.17, 15) is 4.79 Å². The average molecular weight is 348 g/mol. The number of pyridine rings is 1. The van der Waals surface area contributed by atoms with E-state index in [4.69, 9.17) is 0 Å². The van der Waals surface area contributed by atoms with Gasteiger partial charge in [0.2, 0.25) is 5.91 Å². The van der Waals surface area contributed by atoms with Crippen LogP contribution in [0.5, 0.6) is 0 Å². The summed E-state index contributed by atoms with van der Waals surface area (Å²) in [6, 6.07) is 12.9. The number of aromatic nitrogens is 1. The van der Waals surface area contributed by atoms with Gasteiger partial charge in [-0.15, -0.1) is 0 Å². The molecular weight excluding hydrogens is 320 g/mol. The normalized spacial score (nSPS) is 24.0. The number of aryl methyl sites for hydroxylation is 1. The highest BCUT2D eigenvalue weighted by Gasteiger charge is 2.45. The van der Waals surface area contributed by atoms with Gasteiger partial charge in [0.15, 0.2) is 0 Å². The van der Waals surface area contributed by atoms with E-state index in [1.807, 2.05) is 12.3 Å². The molecule has 0 bridgehead atoms. The first-order valence-electron chi connectivity index (χ1n) is 9.93. The van der Waals surface area contributed by atoms with Crippen LogP contribution in [-0.2, 0) is 10.2 Å². The smallest absolute Gasteiger partial charge is 0.223 e. The second-order valence-electron chi connectivity index (χ2n) is 8.16. The molecule has 2 unspecified atom stereocenters. The van der Waals surface area contributed by atoms with E-state index in [1.165, 1.54) is 48.8 Å². The molecule has 1 aromatic heterocycles. The van der Waals surface area contributed by atoms with E-state index in [1.54, 1.807) is 6.20 Å². The summed E-state index contributed by atoms with van der Waals surface area (Å²) < 4.78 is 0. The van der Waals surface area contributed by atoms with Crippen LogP contribution in [0.2, 0.25) is 0 Å². The predicted molar refractivity (Wildman–Crippen MR) is 104 cm³/mol. The molecule has 1 aromatic carbocycles. The molecule has 136 valence electrons. The van der Waals surface area contributed by atoms with Crippen molar-refractivity contribution in [3.63, 3.8) is 0 Å². The molecule has 1 heterocycles. The van der Waals surface area contributed by atoms with Crippen LogP contribution in [0.15, 0.2) is 48.8 Å². The molecule has 0 radical (unpaired) electrons. The van der Waals surface area contributed by atoms with Gasteiger partial charge >= 0.3 is 0 Å². The Kier molecular flexibility index (Phi) is 4.80. The Bertz CT molecular complexity index is 765. The molecular formula is C23H28N2O. The van der Waals surface area contributed by atoms with Gasteiger partial charge < -0.3 is 5.32 Å². The molecule has 2 aromatic rings. The molecule has 4 rings (SSSR count). The van der Waals surface area contributed by atoms with Crippen LogP contribution in [0.25, 0.3) is 0 Å². The Labute approximate surface area is 156 Å². The Morgan fingerprint density at radius 1 is 1.19 bits per heavy atom. The van der Waals surface area contributed by atoms with E-state index in [-0.39, 0.29) is 17.2 Å². The Morgan fingerprint density at radius 3 is 2.77 bits per heavy atom. The van der Waals surface area contributed by atoms with Gasteiger partial charge in [0.05, 0.1) is 0 Å². The number of nitrogens with zero attached hydrogens (tertiary/aromatic N) is 1. The van der Waals surface area contributed by atoms with Gasteiger partial charge in [-0.1, -0.05) is 55.2 Å². The van der Waals surface area contributed by atoms with E-state index < -0.39 is 0 Å². The number of benzene rings is 1. The first-order chi connectivity index (χ1) is 12.7. The summed E-state index contributed by atoms with van der Waals surface area (Å²) in [6.07, 6.45) is 10.8. The van der Waals surface area contributed by atoms with Gasteiger partial charge in [-0.2, -0.15) is 0 Å². The maximum absolute atomic E-state index is 12.7. The number of amides is 1. The highest BCUT2D eigenvalue weighted by molar-refractivity contribution is 5.83. The van der Waals surface area contributed by atoms with Crippen LogP contribution in [0.1, 0.15) is 61.1 Å². The summed E-state index contributed by atoms with van der Waals surface area (Å²) in [7, 11) is 0. The largest absolute Gasteiger partial charge is 0.355 e. The third-order valence-electron chi connectivity index (χ3n) is 6.28. The zero-order valence-corrected chi connectivity index (χ0v) is 15.6. The van der Waals surface area contributed by atoms with Crippen molar-refractivity contribution in [2.75, 3.05) is 6.54 Å². The van der Waals surface area contributed by atoms with Crippen LogP contribution in [0.3, 0.4) is 0 Å². The van der Waals surface area contributed by atoms with Crippen LogP contribution in [0, 0.1) is 12.8 Å². The van der Waals surface area contributed by atoms with E-state index in [2.05, 4.69) is 47.6 Å². The highest BCUT2D eigenvalue weighted by Crippen LogP contribution is 2.47. The van der Waals surface area contributed by atoms with Gasteiger partial charge in [0.25, 0.3) is 0 Å². The third kappa shape index (κ3) is 3.53. The monoisotopic (exact) mass is 348 g/mol. The number of nitrogens with one attached hydrogen (secondary N) is 1. The molecule has 1 amide bonds. The van der Waals surface area contributed by atoms with Gasteiger partial charge in [-0.3, -0.25) is 9.78 Å². The van der Waals surface area contributed by atoms with Crippen molar-refractivity contribution in [1.29, 1.82) is 0 Å². The van der Waals surface area contributed by atoms with Crippen LogP contribution < -0.4 is 5.32 Å². The van der Waals surface area contributed by atoms with Gasteiger partial charge in [0.1, 0.15) is 0 Å². The van der Waals surface area contributed by atoms with Crippen molar-refractivity contribution < 1.29 is 4.79 Å². The van der Waals surface area contributed by atoms with Crippen molar-refractivity contribution >= 4 is 5.91 Å². The zero-order chi connectivity index (χ0) is 18.0. The fourth-order valence-electron chi connectivity index (χ4n) is 4.61. The minimum atomic E-state index is 0.110. The molecule has 3 heteroatoms. The summed E-state index contributed by atoms with van der Waals surface area (Å²) in [5.41, 5.74) is 4.01. The Hall–Kier alpha value is -2.16. The number of carbonyl (C=O) groups is 1. The molecule has 2 fully saturated rings. The maximum Gasteiger partial charge on any atom is 0.223 e. The molecule has 2 atom stereocenters. The van der Waals surface area contributed by atoms with Crippen LogP contribution >= 0.6 is 0 Å². The summed E-state index contributed by atoms with van der Waals surface area (Å²) in [4.78, 5) is 16.9. The standard InChI is InChI=1S/C23H28N2O/c1-17-7-5-9-19(13-17)23(10-3-2-4-11-23)16-25-22(26)21-14-20(21)18-8-6-12-24-15-18/h5-9,12-13,15,20-21H,2-4,10-11,14,16H2,1H3,(H,25,26). The lowest BCUT2D eigenvalue weighted by molar-refractivity contribution is -0.122. The highest BCUT2D eigenvalue weighted by atomic mass is 16.2. The fourth-order valence-corrected chi connectivity index (χ4v) is 4.61. The number of carbonyl (C=O) groups excluding carboxylic acids is 1. The molecule has 0 saturated heterocycles. The lowest BCUT2D eigenvalue weighted by atomic mass is 9.69. The van der Waals surface area contributed by atoms with E-state index in [0.29, 0.717) is 5.92 Å². The summed E-state index contributed by atoms with van der Waals surface area (Å²) in [5.74, 6) is 0.693. The fraction of sp³-hybridized carbons (Fsp3) is 0.478. The van der Waals surface area contributed by atoms with Gasteiger partial charge in [0, 0.05) is 30.3 Å². The van der Waals surface area contributed by atoms with Gasteiger partial charge in [-0.25, -0.2) is 0 Å². The van der Waals surface area contributed by atoms with Crippen LogP contribution in [-0.4, -0.2) is 17.4 Å². The molecule has 2 saturated carbocycles. The lowest BCUT2D eigenvalue weighted by Crippen LogP contribution is -2.42.